The molecule has 26 heavy (non-hydrogen) atoms. The van der Waals surface area contributed by atoms with E-state index < -0.39 is 28.9 Å². The molecule has 1 spiro atoms. The number of aromatic hydroxyl groups is 1. The fourth-order valence-electron chi connectivity index (χ4n) is 6.46. The maximum absolute atomic E-state index is 11.1. The van der Waals surface area contributed by atoms with Crippen LogP contribution in [0.3, 0.4) is 0 Å². The molecule has 7 nitrogen and oxygen atoms in total. The predicted molar refractivity (Wildman–Crippen MR) is 91.3 cm³/mol. The quantitative estimate of drug-likeness (QED) is 0.737. The average Bonchev–Trinajstić information content (AvgIpc) is 3.16. The van der Waals surface area contributed by atoms with Crippen molar-refractivity contribution in [2.75, 3.05) is 27.9 Å². The highest BCUT2D eigenvalue weighted by Crippen LogP contribution is 2.70. The van der Waals surface area contributed by atoms with Crippen LogP contribution in [0.15, 0.2) is 12.1 Å². The van der Waals surface area contributed by atoms with Crippen molar-refractivity contribution >= 4 is 0 Å². The van der Waals surface area contributed by atoms with Gasteiger partial charge in [-0.05, 0) is 31.0 Å². The first kappa shape index (κ1) is 16.8. The van der Waals surface area contributed by atoms with Crippen molar-refractivity contribution in [1.29, 1.82) is 0 Å². The summed E-state index contributed by atoms with van der Waals surface area (Å²) < 4.78 is 23.6. The van der Waals surface area contributed by atoms with E-state index in [1.165, 1.54) is 0 Å². The molecule has 0 aromatic heterocycles. The van der Waals surface area contributed by atoms with E-state index in [0.29, 0.717) is 18.6 Å². The molecule has 2 aliphatic carbocycles. The number of nitrogens with one attached hydrogen (secondary N) is 1. The van der Waals surface area contributed by atoms with Crippen LogP contribution in [0.25, 0.3) is 0 Å². The summed E-state index contributed by atoms with van der Waals surface area (Å²) in [5.74, 6) is -0.548. The van der Waals surface area contributed by atoms with Crippen LogP contribution in [0.1, 0.15) is 36.5 Å². The van der Waals surface area contributed by atoms with Crippen molar-refractivity contribution in [1.82, 2.24) is 5.32 Å². The van der Waals surface area contributed by atoms with E-state index in [4.69, 9.17) is 18.9 Å². The van der Waals surface area contributed by atoms with Gasteiger partial charge in [-0.2, -0.15) is 0 Å². The number of ether oxygens (including phenoxy) is 4. The third-order valence-corrected chi connectivity index (χ3v) is 7.26. The van der Waals surface area contributed by atoms with Gasteiger partial charge >= 0.3 is 0 Å². The molecule has 2 saturated heterocycles. The van der Waals surface area contributed by atoms with Crippen molar-refractivity contribution in [3.63, 3.8) is 0 Å². The number of methoxy groups -OCH3 is 3. The fraction of sp³-hybridized carbons (Fsp3) is 0.684. The highest BCUT2D eigenvalue weighted by atomic mass is 16.7. The Balaban J connectivity index is 1.84. The summed E-state index contributed by atoms with van der Waals surface area (Å²) in [5.41, 5.74) is 0.685. The number of benzene rings is 1. The summed E-state index contributed by atoms with van der Waals surface area (Å²) in [6.07, 6.45) is 0.316. The van der Waals surface area contributed by atoms with Gasteiger partial charge in [0.25, 0.3) is 0 Å². The molecular weight excluding hydrogens is 338 g/mol. The molecule has 2 aliphatic heterocycles. The van der Waals surface area contributed by atoms with Crippen LogP contribution in [0, 0.1) is 0 Å². The highest BCUT2D eigenvalue weighted by molar-refractivity contribution is 5.61. The number of aliphatic hydroxyl groups is 1. The molecule has 142 valence electrons. The molecule has 2 heterocycles. The first-order chi connectivity index (χ1) is 12.5. The topological polar surface area (TPSA) is 89.4 Å². The highest BCUT2D eigenvalue weighted by Gasteiger charge is 2.81. The molecule has 0 radical (unpaired) electrons. The van der Waals surface area contributed by atoms with Crippen LogP contribution < -0.4 is 10.1 Å². The van der Waals surface area contributed by atoms with Crippen molar-refractivity contribution in [3.05, 3.63) is 23.3 Å². The maximum Gasteiger partial charge on any atom is 0.217 e. The summed E-state index contributed by atoms with van der Waals surface area (Å²) in [6.45, 7) is 0.750. The van der Waals surface area contributed by atoms with E-state index >= 15 is 0 Å². The van der Waals surface area contributed by atoms with Crippen LogP contribution in [0.4, 0.5) is 0 Å². The molecule has 1 aromatic rings. The van der Waals surface area contributed by atoms with Gasteiger partial charge in [0.2, 0.25) is 5.79 Å². The number of aliphatic hydroxyl groups excluding tert-OH is 1. The summed E-state index contributed by atoms with van der Waals surface area (Å²) in [7, 11) is 4.73. The summed E-state index contributed by atoms with van der Waals surface area (Å²) in [5, 5.41) is 25.7. The molecular formula is C19H25NO6. The Kier molecular flexibility index (Phi) is 3.30. The molecule has 3 fully saturated rings. The second kappa shape index (κ2) is 5.11. The number of rotatable bonds is 3. The first-order valence-electron chi connectivity index (χ1n) is 9.09. The van der Waals surface area contributed by atoms with Crippen LogP contribution in [-0.4, -0.2) is 61.6 Å². The van der Waals surface area contributed by atoms with E-state index in [-0.39, 0.29) is 11.9 Å². The standard InChI is InChI=1S/C19H25NO6/c1-23-12-5-4-10-13-9-18-17(6-7-20-18,14(10)15(12)22)8-11(21)16(24-2)19(18,25-3)26-13/h4-5,11,13,16,20-22H,6-9H2,1-3H3/t11-,13-,16-,17-,18-,19-/m0/s1. The number of fused-ring (bicyclic) bond motifs is 3. The zero-order valence-corrected chi connectivity index (χ0v) is 15.2. The number of phenols is 1. The monoisotopic (exact) mass is 363 g/mol. The Bertz CT molecular complexity index is 771. The molecule has 0 unspecified atom stereocenters. The van der Waals surface area contributed by atoms with Gasteiger partial charge in [0, 0.05) is 31.6 Å². The van der Waals surface area contributed by atoms with Crippen molar-refractivity contribution in [2.24, 2.45) is 0 Å². The Labute approximate surface area is 152 Å². The molecule has 6 atom stereocenters. The molecule has 1 saturated carbocycles. The first-order valence-corrected chi connectivity index (χ1v) is 9.09. The lowest BCUT2D eigenvalue weighted by Gasteiger charge is -2.59. The molecule has 0 amide bonds. The zero-order chi connectivity index (χ0) is 18.3. The molecule has 2 bridgehead atoms. The molecule has 1 aromatic carbocycles. The Morgan fingerprint density at radius 3 is 2.73 bits per heavy atom. The number of hydrogen-bond donors (Lipinski definition) is 3. The second-order valence-corrected chi connectivity index (χ2v) is 7.85. The molecule has 3 N–H and O–H groups in total. The van der Waals surface area contributed by atoms with Crippen molar-refractivity contribution in [2.45, 2.75) is 54.3 Å². The smallest absolute Gasteiger partial charge is 0.217 e. The summed E-state index contributed by atoms with van der Waals surface area (Å²) >= 11 is 0. The predicted octanol–water partition coefficient (Wildman–Crippen LogP) is 0.968. The van der Waals surface area contributed by atoms with Gasteiger partial charge in [0.05, 0.1) is 24.9 Å². The maximum atomic E-state index is 11.1. The third-order valence-electron chi connectivity index (χ3n) is 7.26. The third kappa shape index (κ3) is 1.51. The summed E-state index contributed by atoms with van der Waals surface area (Å²) in [4.78, 5) is 0. The van der Waals surface area contributed by atoms with Gasteiger partial charge in [0.15, 0.2) is 11.5 Å². The minimum Gasteiger partial charge on any atom is -0.504 e. The SMILES string of the molecule is COc1ccc2c(c1O)[C@@]13CCN[C@@]14C[C@@H]2O[C@@]4(OC)[C@@H](OC)[C@@H](O)C3. The Morgan fingerprint density at radius 1 is 1.23 bits per heavy atom. The van der Waals surface area contributed by atoms with Gasteiger partial charge in [-0.1, -0.05) is 6.07 Å². The van der Waals surface area contributed by atoms with E-state index in [2.05, 4.69) is 5.32 Å². The minimum atomic E-state index is -1.13. The van der Waals surface area contributed by atoms with Crippen molar-refractivity contribution in [3.8, 4) is 11.5 Å². The molecule has 7 heteroatoms. The van der Waals surface area contributed by atoms with Gasteiger partial charge in [-0.3, -0.25) is 0 Å². The van der Waals surface area contributed by atoms with Gasteiger partial charge in [-0.25, -0.2) is 0 Å². The fourth-order valence-corrected chi connectivity index (χ4v) is 6.46. The van der Waals surface area contributed by atoms with Crippen LogP contribution in [-0.2, 0) is 19.6 Å². The Morgan fingerprint density at radius 2 is 2.04 bits per heavy atom. The minimum absolute atomic E-state index is 0.140. The lowest BCUT2D eigenvalue weighted by atomic mass is 9.51. The van der Waals surface area contributed by atoms with E-state index in [1.54, 1.807) is 27.4 Å². The van der Waals surface area contributed by atoms with Crippen molar-refractivity contribution < 1.29 is 29.2 Å². The molecule has 4 aliphatic rings. The van der Waals surface area contributed by atoms with Crippen LogP contribution in [0.2, 0.25) is 0 Å². The number of hydrogen-bond acceptors (Lipinski definition) is 7. The van der Waals surface area contributed by atoms with Gasteiger partial charge < -0.3 is 34.5 Å². The number of phenolic OH excluding ortho intramolecular Hbond substituents is 1. The van der Waals surface area contributed by atoms with E-state index in [0.717, 1.165) is 24.1 Å². The van der Waals surface area contributed by atoms with Crippen LogP contribution >= 0.6 is 0 Å². The summed E-state index contributed by atoms with van der Waals surface area (Å²) in [6, 6.07) is 3.74. The lowest BCUT2D eigenvalue weighted by Crippen LogP contribution is -2.77. The van der Waals surface area contributed by atoms with Gasteiger partial charge in [0.1, 0.15) is 6.10 Å². The van der Waals surface area contributed by atoms with E-state index in [1.807, 2.05) is 6.07 Å². The Hall–Kier alpha value is -1.38. The molecule has 5 rings (SSSR count). The lowest BCUT2D eigenvalue weighted by molar-refractivity contribution is -0.327. The van der Waals surface area contributed by atoms with E-state index in [9.17, 15) is 10.2 Å². The average molecular weight is 363 g/mol. The zero-order valence-electron chi connectivity index (χ0n) is 15.2. The normalized spacial score (nSPS) is 45.3. The largest absolute Gasteiger partial charge is 0.504 e. The van der Waals surface area contributed by atoms with Gasteiger partial charge in [-0.15, -0.1) is 0 Å². The second-order valence-electron chi connectivity index (χ2n) is 7.85. The van der Waals surface area contributed by atoms with Crippen LogP contribution in [0.5, 0.6) is 11.5 Å².